The van der Waals surface area contributed by atoms with Crippen LogP contribution in [-0.4, -0.2) is 28.7 Å². The fourth-order valence-corrected chi connectivity index (χ4v) is 3.12. The first-order valence-electron chi connectivity index (χ1n) is 9.33. The summed E-state index contributed by atoms with van der Waals surface area (Å²) >= 11 is 0. The molecular weight excluding hydrogens is 342 g/mol. The van der Waals surface area contributed by atoms with Crippen molar-refractivity contribution in [1.29, 1.82) is 0 Å². The lowest BCUT2D eigenvalue weighted by atomic mass is 9.93. The molecule has 1 atom stereocenters. The van der Waals surface area contributed by atoms with Crippen LogP contribution in [0.15, 0.2) is 54.6 Å². The monoisotopic (exact) mass is 369 g/mol. The molecule has 0 fully saturated rings. The van der Waals surface area contributed by atoms with Crippen LogP contribution in [0.4, 0.5) is 0 Å². The van der Waals surface area contributed by atoms with Crippen LogP contribution in [0.1, 0.15) is 47.2 Å². The number of unbranched alkanes of at least 4 members (excludes halogenated alkanes) is 1. The highest BCUT2D eigenvalue weighted by atomic mass is 16.4. The number of rotatable bonds is 12. The van der Waals surface area contributed by atoms with Gasteiger partial charge < -0.3 is 15.5 Å². The van der Waals surface area contributed by atoms with E-state index in [-0.39, 0.29) is 6.42 Å². The van der Waals surface area contributed by atoms with E-state index in [0.29, 0.717) is 17.9 Å². The molecule has 5 heteroatoms. The van der Waals surface area contributed by atoms with E-state index in [0.717, 1.165) is 37.9 Å². The van der Waals surface area contributed by atoms with E-state index in [1.54, 1.807) is 12.1 Å². The maximum absolute atomic E-state index is 11.0. The Morgan fingerprint density at radius 2 is 1.59 bits per heavy atom. The summed E-state index contributed by atoms with van der Waals surface area (Å²) in [6.45, 7) is 1.63. The van der Waals surface area contributed by atoms with Crippen molar-refractivity contribution in [3.63, 3.8) is 0 Å². The Labute approximate surface area is 160 Å². The molecule has 0 aliphatic carbocycles. The van der Waals surface area contributed by atoms with Gasteiger partial charge in [0.15, 0.2) is 0 Å². The quantitative estimate of drug-likeness (QED) is 0.493. The van der Waals surface area contributed by atoms with Crippen LogP contribution in [0.25, 0.3) is 0 Å². The second-order valence-corrected chi connectivity index (χ2v) is 6.83. The van der Waals surface area contributed by atoms with Crippen LogP contribution < -0.4 is 5.32 Å². The maximum Gasteiger partial charge on any atom is 0.335 e. The lowest BCUT2D eigenvalue weighted by Crippen LogP contribution is -2.24. The minimum atomic E-state index is -0.920. The standard InChI is InChI=1S/C22H27NO4/c24-21(25)9-5-4-8-19(16-23-15-18-6-2-1-3-7-18)14-17-10-12-20(13-11-17)22(26)27/h1-3,6-7,10-13,19,23H,4-5,8-9,14-16H2,(H,24,25)(H,26,27). The second-order valence-electron chi connectivity index (χ2n) is 6.83. The number of benzene rings is 2. The fraction of sp³-hybridized carbons (Fsp3) is 0.364. The van der Waals surface area contributed by atoms with Crippen molar-refractivity contribution in [3.8, 4) is 0 Å². The molecule has 2 aromatic rings. The SMILES string of the molecule is O=C(O)CCCCC(CNCc1ccccc1)Cc1ccc(C(=O)O)cc1. The van der Waals surface area contributed by atoms with Crippen molar-refractivity contribution in [3.05, 3.63) is 71.3 Å². The molecule has 1 unspecified atom stereocenters. The molecular formula is C22H27NO4. The van der Waals surface area contributed by atoms with Crippen molar-refractivity contribution >= 4 is 11.9 Å². The van der Waals surface area contributed by atoms with Crippen LogP contribution in [0.2, 0.25) is 0 Å². The molecule has 0 radical (unpaired) electrons. The fourth-order valence-electron chi connectivity index (χ4n) is 3.12. The van der Waals surface area contributed by atoms with E-state index < -0.39 is 11.9 Å². The Hall–Kier alpha value is -2.66. The van der Waals surface area contributed by atoms with E-state index >= 15 is 0 Å². The number of carboxylic acids is 2. The van der Waals surface area contributed by atoms with Gasteiger partial charge in [-0.3, -0.25) is 4.79 Å². The molecule has 3 N–H and O–H groups in total. The summed E-state index contributed by atoms with van der Waals surface area (Å²) in [5.41, 5.74) is 2.62. The largest absolute Gasteiger partial charge is 0.481 e. The summed E-state index contributed by atoms with van der Waals surface area (Å²) in [5.74, 6) is -1.30. The smallest absolute Gasteiger partial charge is 0.335 e. The molecule has 0 bridgehead atoms. The average molecular weight is 369 g/mol. The Kier molecular flexibility index (Phi) is 8.52. The molecule has 2 rings (SSSR count). The van der Waals surface area contributed by atoms with Crippen molar-refractivity contribution in [1.82, 2.24) is 5.32 Å². The molecule has 0 amide bonds. The van der Waals surface area contributed by atoms with E-state index in [4.69, 9.17) is 10.2 Å². The number of hydrogen-bond donors (Lipinski definition) is 3. The normalized spacial score (nSPS) is 11.9. The number of nitrogens with one attached hydrogen (secondary N) is 1. The summed E-state index contributed by atoms with van der Waals surface area (Å²) < 4.78 is 0. The molecule has 0 spiro atoms. The van der Waals surface area contributed by atoms with Gasteiger partial charge in [0, 0.05) is 13.0 Å². The Balaban J connectivity index is 1.89. The first kappa shape index (κ1) is 20.6. The third-order valence-corrected chi connectivity index (χ3v) is 4.58. The van der Waals surface area contributed by atoms with Gasteiger partial charge in [-0.05, 0) is 55.0 Å². The predicted octanol–water partition coefficient (Wildman–Crippen LogP) is 3.98. The molecule has 5 nitrogen and oxygen atoms in total. The third-order valence-electron chi connectivity index (χ3n) is 4.58. The van der Waals surface area contributed by atoms with Gasteiger partial charge in [-0.25, -0.2) is 4.79 Å². The number of hydrogen-bond acceptors (Lipinski definition) is 3. The van der Waals surface area contributed by atoms with E-state index in [9.17, 15) is 9.59 Å². The molecule has 0 aliphatic rings. The van der Waals surface area contributed by atoms with Crippen LogP contribution in [0.3, 0.4) is 0 Å². The minimum absolute atomic E-state index is 0.206. The molecule has 27 heavy (non-hydrogen) atoms. The molecule has 144 valence electrons. The molecule has 2 aromatic carbocycles. The van der Waals surface area contributed by atoms with Gasteiger partial charge in [-0.15, -0.1) is 0 Å². The van der Waals surface area contributed by atoms with Crippen molar-refractivity contribution in [2.75, 3.05) is 6.54 Å². The van der Waals surface area contributed by atoms with Crippen LogP contribution in [0.5, 0.6) is 0 Å². The number of aliphatic carboxylic acids is 1. The van der Waals surface area contributed by atoms with Crippen molar-refractivity contribution in [2.24, 2.45) is 5.92 Å². The first-order valence-corrected chi connectivity index (χ1v) is 9.33. The van der Waals surface area contributed by atoms with Crippen LogP contribution in [-0.2, 0) is 17.8 Å². The number of carboxylic acid groups (broad SMARTS) is 2. The zero-order valence-corrected chi connectivity index (χ0v) is 15.4. The summed E-state index contributed by atoms with van der Waals surface area (Å²) in [4.78, 5) is 21.7. The highest BCUT2D eigenvalue weighted by Crippen LogP contribution is 2.17. The summed E-state index contributed by atoms with van der Waals surface area (Å²) in [6.07, 6.45) is 3.54. The minimum Gasteiger partial charge on any atom is -0.481 e. The van der Waals surface area contributed by atoms with Gasteiger partial charge in [0.05, 0.1) is 5.56 Å². The lowest BCUT2D eigenvalue weighted by molar-refractivity contribution is -0.137. The highest BCUT2D eigenvalue weighted by Gasteiger charge is 2.11. The van der Waals surface area contributed by atoms with Crippen LogP contribution >= 0.6 is 0 Å². The Morgan fingerprint density at radius 3 is 2.22 bits per heavy atom. The van der Waals surface area contributed by atoms with Gasteiger partial charge in [0.2, 0.25) is 0 Å². The van der Waals surface area contributed by atoms with Gasteiger partial charge >= 0.3 is 11.9 Å². The second kappa shape index (κ2) is 11.1. The van der Waals surface area contributed by atoms with E-state index in [1.165, 1.54) is 5.56 Å². The van der Waals surface area contributed by atoms with E-state index in [2.05, 4.69) is 17.4 Å². The molecule has 0 saturated carbocycles. The topological polar surface area (TPSA) is 86.6 Å². The Morgan fingerprint density at radius 1 is 0.889 bits per heavy atom. The number of carbonyl (C=O) groups is 2. The van der Waals surface area contributed by atoms with E-state index in [1.807, 2.05) is 30.3 Å². The zero-order valence-electron chi connectivity index (χ0n) is 15.4. The highest BCUT2D eigenvalue weighted by molar-refractivity contribution is 5.87. The first-order chi connectivity index (χ1) is 13.0. The number of aromatic carboxylic acids is 1. The van der Waals surface area contributed by atoms with Crippen molar-refractivity contribution < 1.29 is 19.8 Å². The molecule has 0 saturated heterocycles. The van der Waals surface area contributed by atoms with Crippen molar-refractivity contribution in [2.45, 2.75) is 38.6 Å². The maximum atomic E-state index is 11.0. The predicted molar refractivity (Wildman–Crippen MR) is 105 cm³/mol. The van der Waals surface area contributed by atoms with Gasteiger partial charge in [0.1, 0.15) is 0 Å². The lowest BCUT2D eigenvalue weighted by Gasteiger charge is -2.18. The third kappa shape index (κ3) is 8.05. The molecule has 0 aliphatic heterocycles. The average Bonchev–Trinajstić information content (AvgIpc) is 2.66. The van der Waals surface area contributed by atoms with Gasteiger partial charge in [0.25, 0.3) is 0 Å². The van der Waals surface area contributed by atoms with Crippen LogP contribution in [0, 0.1) is 5.92 Å². The summed E-state index contributed by atoms with van der Waals surface area (Å²) in [5, 5.41) is 21.3. The molecule has 0 aromatic heterocycles. The summed E-state index contributed by atoms with van der Waals surface area (Å²) in [6, 6.07) is 17.2. The zero-order chi connectivity index (χ0) is 19.5. The summed E-state index contributed by atoms with van der Waals surface area (Å²) in [7, 11) is 0. The molecule has 0 heterocycles. The Bertz CT molecular complexity index is 713. The van der Waals surface area contributed by atoms with Gasteiger partial charge in [-0.1, -0.05) is 48.9 Å². The van der Waals surface area contributed by atoms with Gasteiger partial charge in [-0.2, -0.15) is 0 Å².